The number of nitrogens with two attached hydrogens (primary N) is 1. The number of aryl methyl sites for hydroxylation is 1. The first-order chi connectivity index (χ1) is 9.12. The molecule has 1 unspecified atom stereocenters. The molecular weight excluding hydrogens is 256 g/mol. The highest BCUT2D eigenvalue weighted by atomic mass is 16.4. The molecule has 0 fully saturated rings. The van der Waals surface area contributed by atoms with Gasteiger partial charge in [0, 0.05) is 5.54 Å². The summed E-state index contributed by atoms with van der Waals surface area (Å²) in [5.41, 5.74) is 7.13. The minimum absolute atomic E-state index is 0.359. The molecule has 0 saturated heterocycles. The van der Waals surface area contributed by atoms with Gasteiger partial charge in [0.2, 0.25) is 5.91 Å². The SMILES string of the molecule is Cc1ccc(C(N)C(=O)N(CC(=O)O)C(C)(C)C)cc1. The Kier molecular flexibility index (Phi) is 4.89. The summed E-state index contributed by atoms with van der Waals surface area (Å²) in [6.07, 6.45) is 0. The van der Waals surface area contributed by atoms with Crippen LogP contribution in [0.3, 0.4) is 0 Å². The third kappa shape index (κ3) is 4.06. The van der Waals surface area contributed by atoms with Gasteiger partial charge < -0.3 is 15.7 Å². The molecule has 5 nitrogen and oxygen atoms in total. The minimum atomic E-state index is -1.05. The Morgan fingerprint density at radius 2 is 1.75 bits per heavy atom. The van der Waals surface area contributed by atoms with Gasteiger partial charge in [-0.25, -0.2) is 0 Å². The summed E-state index contributed by atoms with van der Waals surface area (Å²) in [5, 5.41) is 8.95. The van der Waals surface area contributed by atoms with Crippen LogP contribution in [0.15, 0.2) is 24.3 Å². The highest BCUT2D eigenvalue weighted by molar-refractivity contribution is 5.86. The molecule has 0 bridgehead atoms. The van der Waals surface area contributed by atoms with Gasteiger partial charge >= 0.3 is 5.97 Å². The van der Waals surface area contributed by atoms with Crippen molar-refractivity contribution in [3.05, 3.63) is 35.4 Å². The average Bonchev–Trinajstić information content (AvgIpc) is 2.33. The van der Waals surface area contributed by atoms with E-state index in [1.165, 1.54) is 4.90 Å². The molecule has 1 atom stereocenters. The number of rotatable bonds is 4. The molecule has 0 heterocycles. The maximum Gasteiger partial charge on any atom is 0.323 e. The van der Waals surface area contributed by atoms with Gasteiger partial charge in [-0.2, -0.15) is 0 Å². The highest BCUT2D eigenvalue weighted by Crippen LogP contribution is 2.20. The van der Waals surface area contributed by atoms with Gasteiger partial charge in [-0.05, 0) is 33.3 Å². The second-order valence-corrected chi connectivity index (χ2v) is 5.88. The van der Waals surface area contributed by atoms with E-state index in [1.54, 1.807) is 32.9 Å². The molecule has 20 heavy (non-hydrogen) atoms. The molecule has 1 aromatic carbocycles. The van der Waals surface area contributed by atoms with Crippen molar-refractivity contribution in [1.29, 1.82) is 0 Å². The number of carboxylic acids is 1. The largest absolute Gasteiger partial charge is 0.480 e. The molecule has 0 radical (unpaired) electrons. The van der Waals surface area contributed by atoms with E-state index in [0.29, 0.717) is 5.56 Å². The van der Waals surface area contributed by atoms with Crippen LogP contribution in [0, 0.1) is 6.92 Å². The van der Waals surface area contributed by atoms with Gasteiger partial charge in [-0.3, -0.25) is 9.59 Å². The third-order valence-corrected chi connectivity index (χ3v) is 3.07. The molecule has 0 aliphatic carbocycles. The molecule has 110 valence electrons. The molecular formula is C15H22N2O3. The maximum absolute atomic E-state index is 12.4. The molecule has 1 aromatic rings. The predicted molar refractivity (Wildman–Crippen MR) is 77.2 cm³/mol. The Morgan fingerprint density at radius 3 is 2.15 bits per heavy atom. The lowest BCUT2D eigenvalue weighted by Crippen LogP contribution is -2.51. The normalized spacial score (nSPS) is 12.8. The Morgan fingerprint density at radius 1 is 1.25 bits per heavy atom. The van der Waals surface area contributed by atoms with E-state index >= 15 is 0 Å². The fraction of sp³-hybridized carbons (Fsp3) is 0.467. The second kappa shape index (κ2) is 6.05. The lowest BCUT2D eigenvalue weighted by Gasteiger charge is -2.36. The third-order valence-electron chi connectivity index (χ3n) is 3.07. The molecule has 3 N–H and O–H groups in total. The van der Waals surface area contributed by atoms with Crippen LogP contribution in [-0.2, 0) is 9.59 Å². The lowest BCUT2D eigenvalue weighted by atomic mass is 10.0. The maximum atomic E-state index is 12.4. The number of aliphatic carboxylic acids is 1. The van der Waals surface area contributed by atoms with Crippen molar-refractivity contribution in [3.63, 3.8) is 0 Å². The summed E-state index contributed by atoms with van der Waals surface area (Å²) in [4.78, 5) is 24.7. The number of benzene rings is 1. The molecule has 0 aliphatic heterocycles. The Labute approximate surface area is 119 Å². The predicted octanol–water partition coefficient (Wildman–Crippen LogP) is 1.71. The van der Waals surface area contributed by atoms with Gasteiger partial charge in [0.1, 0.15) is 12.6 Å². The summed E-state index contributed by atoms with van der Waals surface area (Å²) in [5.74, 6) is -1.44. The van der Waals surface area contributed by atoms with Crippen LogP contribution in [0.5, 0.6) is 0 Å². The zero-order valence-electron chi connectivity index (χ0n) is 12.4. The van der Waals surface area contributed by atoms with Gasteiger partial charge in [0.05, 0.1) is 0 Å². The molecule has 1 rings (SSSR count). The van der Waals surface area contributed by atoms with Crippen LogP contribution < -0.4 is 5.73 Å². The number of hydrogen-bond acceptors (Lipinski definition) is 3. The van der Waals surface area contributed by atoms with Crippen molar-refractivity contribution >= 4 is 11.9 Å². The van der Waals surface area contributed by atoms with Crippen molar-refractivity contribution in [1.82, 2.24) is 4.90 Å². The quantitative estimate of drug-likeness (QED) is 0.878. The van der Waals surface area contributed by atoms with Crippen LogP contribution in [-0.4, -0.2) is 34.0 Å². The van der Waals surface area contributed by atoms with Gasteiger partial charge in [0.25, 0.3) is 0 Å². The van der Waals surface area contributed by atoms with Crippen LogP contribution in [0.25, 0.3) is 0 Å². The van der Waals surface area contributed by atoms with Crippen molar-refractivity contribution in [3.8, 4) is 0 Å². The van der Waals surface area contributed by atoms with Crippen molar-refractivity contribution in [2.75, 3.05) is 6.54 Å². The van der Waals surface area contributed by atoms with E-state index in [-0.39, 0.29) is 12.5 Å². The van der Waals surface area contributed by atoms with Gasteiger partial charge in [-0.15, -0.1) is 0 Å². The smallest absolute Gasteiger partial charge is 0.323 e. The molecule has 0 spiro atoms. The minimum Gasteiger partial charge on any atom is -0.480 e. The Hall–Kier alpha value is -1.88. The molecule has 5 heteroatoms. The van der Waals surface area contributed by atoms with E-state index < -0.39 is 17.6 Å². The number of hydrogen-bond donors (Lipinski definition) is 2. The van der Waals surface area contributed by atoms with Gasteiger partial charge in [0.15, 0.2) is 0 Å². The summed E-state index contributed by atoms with van der Waals surface area (Å²) < 4.78 is 0. The number of carbonyl (C=O) groups is 2. The molecule has 1 amide bonds. The number of amides is 1. The first kappa shape index (κ1) is 16.2. The molecule has 0 aliphatic rings. The zero-order chi connectivity index (χ0) is 15.5. The van der Waals surface area contributed by atoms with E-state index in [9.17, 15) is 9.59 Å². The summed E-state index contributed by atoms with van der Waals surface area (Å²) >= 11 is 0. The summed E-state index contributed by atoms with van der Waals surface area (Å²) in [6.45, 7) is 6.95. The molecule has 0 saturated carbocycles. The van der Waals surface area contributed by atoms with E-state index in [0.717, 1.165) is 5.56 Å². The van der Waals surface area contributed by atoms with Crippen LogP contribution in [0.4, 0.5) is 0 Å². The summed E-state index contributed by atoms with van der Waals surface area (Å²) in [6, 6.07) is 6.48. The van der Waals surface area contributed by atoms with Crippen LogP contribution >= 0.6 is 0 Å². The Bertz CT molecular complexity index is 489. The van der Waals surface area contributed by atoms with E-state index in [2.05, 4.69) is 0 Å². The highest BCUT2D eigenvalue weighted by Gasteiger charge is 2.32. The Balaban J connectivity index is 2.99. The fourth-order valence-electron chi connectivity index (χ4n) is 1.87. The molecule has 0 aromatic heterocycles. The second-order valence-electron chi connectivity index (χ2n) is 5.88. The van der Waals surface area contributed by atoms with Crippen molar-refractivity contribution in [2.24, 2.45) is 5.73 Å². The van der Waals surface area contributed by atoms with E-state index in [4.69, 9.17) is 10.8 Å². The monoisotopic (exact) mass is 278 g/mol. The van der Waals surface area contributed by atoms with E-state index in [1.807, 2.05) is 19.1 Å². The van der Waals surface area contributed by atoms with Crippen LogP contribution in [0.1, 0.15) is 37.9 Å². The first-order valence-corrected chi connectivity index (χ1v) is 6.48. The zero-order valence-corrected chi connectivity index (χ0v) is 12.4. The number of carboxylic acid groups (broad SMARTS) is 1. The van der Waals surface area contributed by atoms with Crippen molar-refractivity contribution in [2.45, 2.75) is 39.3 Å². The fourth-order valence-corrected chi connectivity index (χ4v) is 1.87. The lowest BCUT2D eigenvalue weighted by molar-refractivity contribution is -0.149. The van der Waals surface area contributed by atoms with Gasteiger partial charge in [-0.1, -0.05) is 29.8 Å². The summed E-state index contributed by atoms with van der Waals surface area (Å²) in [7, 11) is 0. The number of nitrogens with zero attached hydrogens (tertiary/aromatic N) is 1. The topological polar surface area (TPSA) is 83.6 Å². The standard InChI is InChI=1S/C15H22N2O3/c1-10-5-7-11(8-6-10)13(16)14(20)17(9-12(18)19)15(2,3)4/h5-8,13H,9,16H2,1-4H3,(H,18,19). The van der Waals surface area contributed by atoms with Crippen molar-refractivity contribution < 1.29 is 14.7 Å². The first-order valence-electron chi connectivity index (χ1n) is 6.48. The average molecular weight is 278 g/mol. The number of carbonyl (C=O) groups excluding carboxylic acids is 1. The van der Waals surface area contributed by atoms with Crippen LogP contribution in [0.2, 0.25) is 0 Å².